The summed E-state index contributed by atoms with van der Waals surface area (Å²) in [5.74, 6) is -0.172. The molecule has 6 nitrogen and oxygen atoms in total. The van der Waals surface area contributed by atoms with E-state index in [2.05, 4.69) is 10.6 Å². The third kappa shape index (κ3) is 5.99. The van der Waals surface area contributed by atoms with Gasteiger partial charge in [-0.15, -0.1) is 0 Å². The number of furan rings is 1. The number of rotatable bonds is 6. The third-order valence-corrected chi connectivity index (χ3v) is 2.96. The molecule has 1 heterocycles. The molecule has 2 amide bonds. The normalized spacial score (nSPS) is 12.8. The van der Waals surface area contributed by atoms with Crippen molar-refractivity contribution in [2.45, 2.75) is 40.2 Å². The van der Waals surface area contributed by atoms with Crippen LogP contribution in [0.1, 0.15) is 43.3 Å². The molecule has 1 atom stereocenters. The number of aryl methyl sites for hydroxylation is 1. The molecule has 0 fully saturated rings. The van der Waals surface area contributed by atoms with Gasteiger partial charge in [0.05, 0.1) is 31.0 Å². The first-order chi connectivity index (χ1) is 9.73. The lowest BCUT2D eigenvalue weighted by molar-refractivity contribution is -0.121. The fourth-order valence-corrected chi connectivity index (χ4v) is 2.06. The van der Waals surface area contributed by atoms with E-state index in [4.69, 9.17) is 4.42 Å². The molecule has 0 bridgehead atoms. The van der Waals surface area contributed by atoms with Gasteiger partial charge in [-0.25, -0.2) is 0 Å². The van der Waals surface area contributed by atoms with Crippen LogP contribution >= 0.6 is 0 Å². The Balaban J connectivity index is 2.43. The summed E-state index contributed by atoms with van der Waals surface area (Å²) < 4.78 is 5.03. The summed E-state index contributed by atoms with van der Waals surface area (Å²) in [6, 6.07) is 1.24. The molecule has 1 unspecified atom stereocenters. The lowest BCUT2D eigenvalue weighted by Crippen LogP contribution is -2.44. The Morgan fingerprint density at radius 1 is 1.38 bits per heavy atom. The quantitative estimate of drug-likeness (QED) is 0.736. The van der Waals surface area contributed by atoms with Gasteiger partial charge in [-0.2, -0.15) is 0 Å². The molecule has 3 N–H and O–H groups in total. The van der Waals surface area contributed by atoms with Crippen LogP contribution in [0.4, 0.5) is 0 Å². The minimum atomic E-state index is -0.354. The molecule has 0 saturated heterocycles. The maximum atomic E-state index is 11.8. The van der Waals surface area contributed by atoms with E-state index in [0.717, 1.165) is 0 Å². The number of aliphatic hydroxyl groups is 1. The Labute approximate surface area is 124 Å². The van der Waals surface area contributed by atoms with Crippen molar-refractivity contribution in [1.82, 2.24) is 10.6 Å². The first kappa shape index (κ1) is 17.2. The highest BCUT2D eigenvalue weighted by molar-refractivity contribution is 5.97. The Morgan fingerprint density at radius 2 is 2.05 bits per heavy atom. The number of hydrogen-bond acceptors (Lipinski definition) is 4. The zero-order chi connectivity index (χ0) is 16.0. The molecule has 0 radical (unpaired) electrons. The molecule has 0 aliphatic carbocycles. The molecule has 0 spiro atoms. The first-order valence-corrected chi connectivity index (χ1v) is 6.95. The van der Waals surface area contributed by atoms with Crippen molar-refractivity contribution in [2.24, 2.45) is 5.41 Å². The first-order valence-electron chi connectivity index (χ1n) is 6.95. The van der Waals surface area contributed by atoms with Gasteiger partial charge in [0.15, 0.2) is 0 Å². The van der Waals surface area contributed by atoms with Crippen LogP contribution in [0.2, 0.25) is 0 Å². The standard InChI is InChI=1S/C15H24N2O4/c1-10-12(5-6-21-10)14(20)16-8-13(19)17-11(9-18)7-15(2,3)4/h5-6,11,18H,7-9H2,1-4H3,(H,16,20)(H,17,19). The van der Waals surface area contributed by atoms with E-state index in [9.17, 15) is 14.7 Å². The number of carbonyl (C=O) groups excluding carboxylic acids is 2. The second-order valence-electron chi connectivity index (χ2n) is 6.28. The molecule has 0 aliphatic rings. The summed E-state index contributed by atoms with van der Waals surface area (Å²) in [6.45, 7) is 7.52. The van der Waals surface area contributed by atoms with Gasteiger partial charge >= 0.3 is 0 Å². The number of nitrogens with one attached hydrogen (secondary N) is 2. The second-order valence-corrected chi connectivity index (χ2v) is 6.28. The van der Waals surface area contributed by atoms with Gasteiger partial charge < -0.3 is 20.2 Å². The summed E-state index contributed by atoms with van der Waals surface area (Å²) in [6.07, 6.45) is 2.08. The van der Waals surface area contributed by atoms with Crippen molar-refractivity contribution in [3.8, 4) is 0 Å². The molecule has 1 aromatic rings. The average Bonchev–Trinajstić information content (AvgIpc) is 2.80. The zero-order valence-electron chi connectivity index (χ0n) is 13.0. The fraction of sp³-hybridized carbons (Fsp3) is 0.600. The largest absolute Gasteiger partial charge is 0.469 e. The van der Waals surface area contributed by atoms with Crippen molar-refractivity contribution < 1.29 is 19.1 Å². The number of amides is 2. The van der Waals surface area contributed by atoms with E-state index in [1.807, 2.05) is 20.8 Å². The molecule has 6 heteroatoms. The average molecular weight is 296 g/mol. The van der Waals surface area contributed by atoms with Gasteiger partial charge in [-0.1, -0.05) is 20.8 Å². The van der Waals surface area contributed by atoms with Crippen LogP contribution in [-0.4, -0.2) is 36.1 Å². The third-order valence-electron chi connectivity index (χ3n) is 2.96. The van der Waals surface area contributed by atoms with Gasteiger partial charge in [0, 0.05) is 0 Å². The number of aliphatic hydroxyl groups excluding tert-OH is 1. The molecular weight excluding hydrogens is 272 g/mol. The minimum absolute atomic E-state index is 0.00215. The van der Waals surface area contributed by atoms with Crippen LogP contribution in [0.5, 0.6) is 0 Å². The summed E-state index contributed by atoms with van der Waals surface area (Å²) in [4.78, 5) is 23.6. The van der Waals surface area contributed by atoms with Crippen molar-refractivity contribution in [3.05, 3.63) is 23.7 Å². The molecule has 118 valence electrons. The van der Waals surface area contributed by atoms with Gasteiger partial charge in [-0.05, 0) is 24.8 Å². The molecule has 21 heavy (non-hydrogen) atoms. The lowest BCUT2D eigenvalue weighted by Gasteiger charge is -2.25. The molecular formula is C15H24N2O4. The van der Waals surface area contributed by atoms with Crippen LogP contribution in [0.3, 0.4) is 0 Å². The maximum Gasteiger partial charge on any atom is 0.255 e. The van der Waals surface area contributed by atoms with E-state index in [1.54, 1.807) is 13.0 Å². The van der Waals surface area contributed by atoms with Gasteiger partial charge in [0.1, 0.15) is 5.76 Å². The van der Waals surface area contributed by atoms with Crippen LogP contribution in [0.25, 0.3) is 0 Å². The highest BCUT2D eigenvalue weighted by atomic mass is 16.3. The molecule has 1 rings (SSSR count). The Bertz CT molecular complexity index is 488. The van der Waals surface area contributed by atoms with E-state index in [1.165, 1.54) is 6.26 Å². The number of carbonyl (C=O) groups is 2. The minimum Gasteiger partial charge on any atom is -0.469 e. The summed E-state index contributed by atoms with van der Waals surface area (Å²) in [5.41, 5.74) is 0.411. The lowest BCUT2D eigenvalue weighted by atomic mass is 9.88. The van der Waals surface area contributed by atoms with E-state index in [-0.39, 0.29) is 36.4 Å². The topological polar surface area (TPSA) is 91.6 Å². The smallest absolute Gasteiger partial charge is 0.255 e. The van der Waals surface area contributed by atoms with Crippen molar-refractivity contribution in [3.63, 3.8) is 0 Å². The predicted molar refractivity (Wildman–Crippen MR) is 78.9 cm³/mol. The van der Waals surface area contributed by atoms with Crippen molar-refractivity contribution in [2.75, 3.05) is 13.2 Å². The molecule has 0 saturated carbocycles. The highest BCUT2D eigenvalue weighted by Gasteiger charge is 2.20. The van der Waals surface area contributed by atoms with Crippen LogP contribution in [0, 0.1) is 12.3 Å². The molecule has 0 aliphatic heterocycles. The second kappa shape index (κ2) is 7.26. The maximum absolute atomic E-state index is 11.8. The van der Waals surface area contributed by atoms with Crippen LogP contribution < -0.4 is 10.6 Å². The van der Waals surface area contributed by atoms with Gasteiger partial charge in [0.25, 0.3) is 5.91 Å². The predicted octanol–water partition coefficient (Wildman–Crippen LogP) is 1.23. The highest BCUT2D eigenvalue weighted by Crippen LogP contribution is 2.20. The van der Waals surface area contributed by atoms with Gasteiger partial charge in [0.2, 0.25) is 5.91 Å². The van der Waals surface area contributed by atoms with Crippen LogP contribution in [-0.2, 0) is 4.79 Å². The van der Waals surface area contributed by atoms with Crippen molar-refractivity contribution in [1.29, 1.82) is 0 Å². The SMILES string of the molecule is Cc1occc1C(=O)NCC(=O)NC(CO)CC(C)(C)C. The van der Waals surface area contributed by atoms with Crippen molar-refractivity contribution >= 4 is 11.8 Å². The van der Waals surface area contributed by atoms with E-state index in [0.29, 0.717) is 17.7 Å². The fourth-order valence-electron chi connectivity index (χ4n) is 2.06. The summed E-state index contributed by atoms with van der Waals surface area (Å²) >= 11 is 0. The number of hydrogen-bond donors (Lipinski definition) is 3. The Kier molecular flexibility index (Phi) is 5.96. The Morgan fingerprint density at radius 3 is 2.52 bits per heavy atom. The zero-order valence-corrected chi connectivity index (χ0v) is 13.0. The van der Waals surface area contributed by atoms with Gasteiger partial charge in [-0.3, -0.25) is 9.59 Å². The Hall–Kier alpha value is -1.82. The molecule has 0 aromatic carbocycles. The van der Waals surface area contributed by atoms with E-state index >= 15 is 0 Å². The summed E-state index contributed by atoms with van der Waals surface area (Å²) in [5, 5.41) is 14.5. The monoisotopic (exact) mass is 296 g/mol. The summed E-state index contributed by atoms with van der Waals surface area (Å²) in [7, 11) is 0. The van der Waals surface area contributed by atoms with Crippen LogP contribution in [0.15, 0.2) is 16.7 Å². The van der Waals surface area contributed by atoms with E-state index < -0.39 is 0 Å². The molecule has 1 aromatic heterocycles.